The molecule has 21 heavy (non-hydrogen) atoms. The standard InChI is InChI=1S/C16H19F2NO2/c1-2-3-4-5-6-7-8-19-14-10-13(18)12(17)9-11(14)15(20)16(19)21/h9-10H,2-8H2,1H3. The Kier molecular flexibility index (Phi) is 5.04. The number of halogens is 2. The van der Waals surface area contributed by atoms with Crippen LogP contribution >= 0.6 is 0 Å². The molecule has 1 aromatic carbocycles. The van der Waals surface area contributed by atoms with E-state index < -0.39 is 23.3 Å². The van der Waals surface area contributed by atoms with E-state index in [1.807, 2.05) is 0 Å². The number of hydrogen-bond acceptors (Lipinski definition) is 2. The van der Waals surface area contributed by atoms with Crippen molar-refractivity contribution >= 4 is 17.4 Å². The highest BCUT2D eigenvalue weighted by molar-refractivity contribution is 6.52. The van der Waals surface area contributed by atoms with Crippen molar-refractivity contribution in [2.45, 2.75) is 45.4 Å². The summed E-state index contributed by atoms with van der Waals surface area (Å²) in [4.78, 5) is 24.9. The maximum atomic E-state index is 13.3. The van der Waals surface area contributed by atoms with Crippen LogP contribution in [0.2, 0.25) is 0 Å². The Morgan fingerprint density at radius 2 is 1.57 bits per heavy atom. The lowest BCUT2D eigenvalue weighted by Crippen LogP contribution is -2.30. The zero-order chi connectivity index (χ0) is 15.4. The summed E-state index contributed by atoms with van der Waals surface area (Å²) in [5.74, 6) is -3.58. The Balaban J connectivity index is 2.00. The van der Waals surface area contributed by atoms with Gasteiger partial charge in [-0.2, -0.15) is 0 Å². The number of nitrogens with zero attached hydrogens (tertiary/aromatic N) is 1. The Bertz CT molecular complexity index is 557. The molecule has 1 aliphatic rings. The highest BCUT2D eigenvalue weighted by atomic mass is 19.2. The average Bonchev–Trinajstić information content (AvgIpc) is 2.68. The molecule has 0 aromatic heterocycles. The number of carbonyl (C=O) groups excluding carboxylic acids is 2. The van der Waals surface area contributed by atoms with Gasteiger partial charge in [0.25, 0.3) is 11.7 Å². The molecule has 0 spiro atoms. The molecule has 1 aliphatic heterocycles. The van der Waals surface area contributed by atoms with Crippen molar-refractivity contribution < 1.29 is 18.4 Å². The van der Waals surface area contributed by atoms with Gasteiger partial charge in [0.15, 0.2) is 11.6 Å². The average molecular weight is 295 g/mol. The Morgan fingerprint density at radius 3 is 2.29 bits per heavy atom. The third-order valence-corrected chi connectivity index (χ3v) is 3.75. The maximum Gasteiger partial charge on any atom is 0.299 e. The van der Waals surface area contributed by atoms with Crippen molar-refractivity contribution in [2.75, 3.05) is 11.4 Å². The van der Waals surface area contributed by atoms with Crippen LogP contribution in [0.3, 0.4) is 0 Å². The summed E-state index contributed by atoms with van der Waals surface area (Å²) in [5, 5.41) is 0. The van der Waals surface area contributed by atoms with E-state index in [9.17, 15) is 18.4 Å². The van der Waals surface area contributed by atoms with Gasteiger partial charge in [0.05, 0.1) is 11.3 Å². The highest BCUT2D eigenvalue weighted by Crippen LogP contribution is 2.31. The fourth-order valence-electron chi connectivity index (χ4n) is 2.56. The topological polar surface area (TPSA) is 37.4 Å². The van der Waals surface area contributed by atoms with E-state index in [2.05, 4.69) is 6.92 Å². The number of rotatable bonds is 7. The molecule has 0 saturated carbocycles. The van der Waals surface area contributed by atoms with E-state index in [0.717, 1.165) is 44.2 Å². The van der Waals surface area contributed by atoms with Gasteiger partial charge in [0.2, 0.25) is 0 Å². The van der Waals surface area contributed by atoms with Crippen molar-refractivity contribution in [2.24, 2.45) is 0 Å². The van der Waals surface area contributed by atoms with Crippen molar-refractivity contribution in [1.29, 1.82) is 0 Å². The van der Waals surface area contributed by atoms with E-state index in [1.165, 1.54) is 11.3 Å². The van der Waals surface area contributed by atoms with Gasteiger partial charge in [-0.15, -0.1) is 0 Å². The minimum Gasteiger partial charge on any atom is -0.305 e. The number of benzene rings is 1. The molecule has 0 N–H and O–H groups in total. The lowest BCUT2D eigenvalue weighted by atomic mass is 10.1. The molecule has 2 rings (SSSR count). The zero-order valence-corrected chi connectivity index (χ0v) is 12.1. The van der Waals surface area contributed by atoms with Crippen LogP contribution in [-0.4, -0.2) is 18.2 Å². The molecule has 1 amide bonds. The van der Waals surface area contributed by atoms with Gasteiger partial charge in [0, 0.05) is 12.6 Å². The molecule has 0 aliphatic carbocycles. The van der Waals surface area contributed by atoms with E-state index >= 15 is 0 Å². The molecule has 114 valence electrons. The minimum atomic E-state index is -1.10. The number of fused-ring (bicyclic) bond motifs is 1. The van der Waals surface area contributed by atoms with Crippen molar-refractivity contribution in [3.63, 3.8) is 0 Å². The summed E-state index contributed by atoms with van der Waals surface area (Å²) >= 11 is 0. The molecule has 0 radical (unpaired) electrons. The van der Waals surface area contributed by atoms with Crippen molar-refractivity contribution in [3.05, 3.63) is 29.3 Å². The Labute approximate surface area is 122 Å². The predicted octanol–water partition coefficient (Wildman–Crippen LogP) is 3.85. The fraction of sp³-hybridized carbons (Fsp3) is 0.500. The zero-order valence-electron chi connectivity index (χ0n) is 12.1. The summed E-state index contributed by atoms with van der Waals surface area (Å²) in [5.41, 5.74) is 0.155. The van der Waals surface area contributed by atoms with Crippen LogP contribution in [0.15, 0.2) is 12.1 Å². The van der Waals surface area contributed by atoms with Crippen LogP contribution in [0.1, 0.15) is 55.8 Å². The van der Waals surface area contributed by atoms with Crippen LogP contribution in [-0.2, 0) is 4.79 Å². The van der Waals surface area contributed by atoms with E-state index in [-0.39, 0.29) is 11.3 Å². The summed E-state index contributed by atoms with van der Waals surface area (Å²) in [6.07, 6.45) is 6.29. The Morgan fingerprint density at radius 1 is 0.952 bits per heavy atom. The molecule has 3 nitrogen and oxygen atoms in total. The smallest absolute Gasteiger partial charge is 0.299 e. The normalized spacial score (nSPS) is 14.0. The summed E-state index contributed by atoms with van der Waals surface area (Å²) in [6.45, 7) is 2.51. The van der Waals surface area contributed by atoms with E-state index in [1.54, 1.807) is 0 Å². The first-order chi connectivity index (χ1) is 10.1. The monoisotopic (exact) mass is 295 g/mol. The van der Waals surface area contributed by atoms with E-state index in [4.69, 9.17) is 0 Å². The number of Topliss-reactive ketones (excluding diaryl/α,β-unsaturated/α-hetero) is 1. The number of anilines is 1. The molecule has 0 saturated heterocycles. The van der Waals surface area contributed by atoms with Gasteiger partial charge >= 0.3 is 0 Å². The molecule has 1 heterocycles. The van der Waals surface area contributed by atoms with Crippen LogP contribution in [0.25, 0.3) is 0 Å². The lowest BCUT2D eigenvalue weighted by molar-refractivity contribution is -0.114. The first-order valence-corrected chi connectivity index (χ1v) is 7.41. The number of amides is 1. The lowest BCUT2D eigenvalue weighted by Gasteiger charge is -2.16. The molecule has 0 unspecified atom stereocenters. The molecule has 5 heteroatoms. The fourth-order valence-corrected chi connectivity index (χ4v) is 2.56. The van der Waals surface area contributed by atoms with Crippen molar-refractivity contribution in [1.82, 2.24) is 0 Å². The predicted molar refractivity (Wildman–Crippen MR) is 76.4 cm³/mol. The first kappa shape index (κ1) is 15.6. The number of carbonyl (C=O) groups is 2. The molecule has 0 atom stereocenters. The Hall–Kier alpha value is -1.78. The maximum absolute atomic E-state index is 13.3. The van der Waals surface area contributed by atoms with Gasteiger partial charge in [-0.05, 0) is 12.5 Å². The van der Waals surface area contributed by atoms with Crippen LogP contribution < -0.4 is 4.90 Å². The third kappa shape index (κ3) is 3.28. The third-order valence-electron chi connectivity index (χ3n) is 3.75. The van der Waals surface area contributed by atoms with Gasteiger partial charge < -0.3 is 4.90 Å². The first-order valence-electron chi connectivity index (χ1n) is 7.41. The van der Waals surface area contributed by atoms with Gasteiger partial charge in [0.1, 0.15) is 0 Å². The minimum absolute atomic E-state index is 0.0371. The molecular weight excluding hydrogens is 276 g/mol. The van der Waals surface area contributed by atoms with Gasteiger partial charge in [-0.1, -0.05) is 39.0 Å². The number of unbranched alkanes of at least 4 members (excludes halogenated alkanes) is 5. The number of ketones is 1. The van der Waals surface area contributed by atoms with Crippen LogP contribution in [0, 0.1) is 11.6 Å². The van der Waals surface area contributed by atoms with Gasteiger partial charge in [-0.25, -0.2) is 8.78 Å². The second kappa shape index (κ2) is 6.78. The van der Waals surface area contributed by atoms with Crippen molar-refractivity contribution in [3.8, 4) is 0 Å². The second-order valence-electron chi connectivity index (χ2n) is 5.34. The van der Waals surface area contributed by atoms with E-state index in [0.29, 0.717) is 6.54 Å². The largest absolute Gasteiger partial charge is 0.305 e. The highest BCUT2D eigenvalue weighted by Gasteiger charge is 2.36. The van der Waals surface area contributed by atoms with Crippen LogP contribution in [0.4, 0.5) is 14.5 Å². The second-order valence-corrected chi connectivity index (χ2v) is 5.34. The van der Waals surface area contributed by atoms with Gasteiger partial charge in [-0.3, -0.25) is 9.59 Å². The quantitative estimate of drug-likeness (QED) is 0.566. The summed E-state index contributed by atoms with van der Waals surface area (Å²) in [7, 11) is 0. The molecule has 0 fully saturated rings. The van der Waals surface area contributed by atoms with Crippen LogP contribution in [0.5, 0.6) is 0 Å². The molecular formula is C16H19F2NO2. The summed E-state index contributed by atoms with van der Waals surface area (Å²) < 4.78 is 26.5. The molecule has 0 bridgehead atoms. The number of hydrogen-bond donors (Lipinski definition) is 0. The SMILES string of the molecule is CCCCCCCCN1C(=O)C(=O)c2cc(F)c(F)cc21. The summed E-state index contributed by atoms with van der Waals surface area (Å²) in [6, 6.07) is 1.75. The molecule has 1 aromatic rings.